The zero-order valence-electron chi connectivity index (χ0n) is 19.6. The number of aryl methyl sites for hydroxylation is 1. The number of pyridine rings is 1. The summed E-state index contributed by atoms with van der Waals surface area (Å²) in [7, 11) is 1.49. The minimum Gasteiger partial charge on any atom is -0.375 e. The second-order valence-electron chi connectivity index (χ2n) is 8.59. The van der Waals surface area contributed by atoms with Crippen molar-refractivity contribution >= 4 is 57.3 Å². The molecule has 4 aromatic rings. The van der Waals surface area contributed by atoms with Gasteiger partial charge in [-0.1, -0.05) is 71.2 Å². The molecule has 8 heteroatoms. The van der Waals surface area contributed by atoms with Gasteiger partial charge in [-0.3, -0.25) is 9.78 Å². The third-order valence-corrected chi connectivity index (χ3v) is 7.22. The van der Waals surface area contributed by atoms with Crippen molar-refractivity contribution in [2.45, 2.75) is 19.4 Å². The van der Waals surface area contributed by atoms with E-state index in [2.05, 4.69) is 12.1 Å². The number of aromatic nitrogens is 1. The van der Waals surface area contributed by atoms with Gasteiger partial charge in [0.05, 0.1) is 27.3 Å². The molecule has 0 saturated heterocycles. The van der Waals surface area contributed by atoms with Crippen LogP contribution in [0.2, 0.25) is 15.1 Å². The number of carbonyl (C=O) groups excluding carboxylic acids is 1. The largest absolute Gasteiger partial charge is 0.375 e. The SMILES string of the molecule is COCC(=O)N1N=C(c2c(C)nc3ccc(Cl)cc3c2-c2ccccc2)C[C@@H]1c1ccc(Cl)c(Cl)c1. The monoisotopic (exact) mass is 537 g/mol. The van der Waals surface area contributed by atoms with Crippen LogP contribution in [0.15, 0.2) is 71.8 Å². The fraction of sp³-hybridized carbons (Fsp3) is 0.179. The van der Waals surface area contributed by atoms with Crippen LogP contribution >= 0.6 is 34.8 Å². The second kappa shape index (κ2) is 10.2. The topological polar surface area (TPSA) is 54.8 Å². The fourth-order valence-electron chi connectivity index (χ4n) is 4.68. The number of halogens is 3. The minimum atomic E-state index is -0.365. The lowest BCUT2D eigenvalue weighted by atomic mass is 9.89. The molecule has 2 heterocycles. The highest BCUT2D eigenvalue weighted by atomic mass is 35.5. The number of fused-ring (bicyclic) bond motifs is 1. The first-order valence-electron chi connectivity index (χ1n) is 11.4. The number of amides is 1. The van der Waals surface area contributed by atoms with Crippen LogP contribution in [-0.4, -0.2) is 35.3 Å². The average molecular weight is 539 g/mol. The van der Waals surface area contributed by atoms with Gasteiger partial charge in [0, 0.05) is 40.8 Å². The van der Waals surface area contributed by atoms with Crippen LogP contribution < -0.4 is 0 Å². The third kappa shape index (κ3) is 4.60. The Labute approximate surface area is 224 Å². The maximum absolute atomic E-state index is 13.1. The Morgan fingerprint density at radius 1 is 1.00 bits per heavy atom. The zero-order chi connectivity index (χ0) is 25.4. The van der Waals surface area contributed by atoms with Crippen LogP contribution in [-0.2, 0) is 9.53 Å². The van der Waals surface area contributed by atoms with Gasteiger partial charge in [-0.05, 0) is 48.4 Å². The van der Waals surface area contributed by atoms with Gasteiger partial charge in [-0.25, -0.2) is 5.01 Å². The quantitative estimate of drug-likeness (QED) is 0.264. The van der Waals surface area contributed by atoms with Crippen molar-refractivity contribution in [1.29, 1.82) is 0 Å². The first kappa shape index (κ1) is 24.7. The molecule has 182 valence electrons. The molecule has 1 atom stereocenters. The van der Waals surface area contributed by atoms with E-state index >= 15 is 0 Å². The number of ether oxygens (including phenoxy) is 1. The Bertz CT molecular complexity index is 1510. The molecule has 0 unspecified atom stereocenters. The van der Waals surface area contributed by atoms with Crippen molar-refractivity contribution in [3.63, 3.8) is 0 Å². The van der Waals surface area contributed by atoms with Crippen molar-refractivity contribution < 1.29 is 9.53 Å². The molecule has 0 saturated carbocycles. The van der Waals surface area contributed by atoms with Gasteiger partial charge in [0.25, 0.3) is 5.91 Å². The lowest BCUT2D eigenvalue weighted by molar-refractivity contribution is -0.137. The molecule has 5 nitrogen and oxygen atoms in total. The first-order chi connectivity index (χ1) is 17.4. The first-order valence-corrected chi connectivity index (χ1v) is 12.5. The normalized spacial score (nSPS) is 15.4. The van der Waals surface area contributed by atoms with Gasteiger partial charge in [-0.15, -0.1) is 0 Å². The molecule has 1 aliphatic rings. The molecule has 0 spiro atoms. The molecule has 1 amide bonds. The summed E-state index contributed by atoms with van der Waals surface area (Å²) >= 11 is 18.9. The highest BCUT2D eigenvalue weighted by Gasteiger charge is 2.35. The average Bonchev–Trinajstić information content (AvgIpc) is 3.31. The highest BCUT2D eigenvalue weighted by molar-refractivity contribution is 6.42. The summed E-state index contributed by atoms with van der Waals surface area (Å²) < 4.78 is 5.14. The molecule has 0 N–H and O–H groups in total. The van der Waals surface area contributed by atoms with E-state index in [9.17, 15) is 4.79 Å². The maximum Gasteiger partial charge on any atom is 0.269 e. The zero-order valence-corrected chi connectivity index (χ0v) is 21.9. The molecular weight excluding hydrogens is 517 g/mol. The number of nitrogens with zero attached hydrogens (tertiary/aromatic N) is 3. The van der Waals surface area contributed by atoms with Crippen molar-refractivity contribution in [2.75, 3.05) is 13.7 Å². The summed E-state index contributed by atoms with van der Waals surface area (Å²) in [6, 6.07) is 20.8. The Hall–Kier alpha value is -2.96. The smallest absolute Gasteiger partial charge is 0.269 e. The van der Waals surface area contributed by atoms with Gasteiger partial charge in [0.15, 0.2) is 0 Å². The van der Waals surface area contributed by atoms with Crippen LogP contribution in [0.5, 0.6) is 0 Å². The Morgan fingerprint density at radius 2 is 1.78 bits per heavy atom. The van der Waals surface area contributed by atoms with Crippen molar-refractivity contribution in [3.8, 4) is 11.1 Å². The molecule has 0 fully saturated rings. The summed E-state index contributed by atoms with van der Waals surface area (Å²) in [5.41, 5.74) is 6.12. The van der Waals surface area contributed by atoms with Crippen molar-refractivity contribution in [3.05, 3.63) is 98.6 Å². The third-order valence-electron chi connectivity index (χ3n) is 6.24. The molecule has 0 aliphatic carbocycles. The number of hydrazone groups is 1. The Morgan fingerprint density at radius 3 is 2.50 bits per heavy atom. The molecule has 5 rings (SSSR count). The van der Waals surface area contributed by atoms with E-state index in [0.29, 0.717) is 21.5 Å². The number of carbonyl (C=O) groups is 1. The summed E-state index contributed by atoms with van der Waals surface area (Å²) in [6.07, 6.45) is 0.474. The van der Waals surface area contributed by atoms with E-state index in [-0.39, 0.29) is 18.6 Å². The Balaban J connectivity index is 1.72. The van der Waals surface area contributed by atoms with Gasteiger partial charge in [-0.2, -0.15) is 5.10 Å². The van der Waals surface area contributed by atoms with E-state index in [1.54, 1.807) is 12.1 Å². The lowest BCUT2D eigenvalue weighted by Gasteiger charge is -2.22. The summed E-state index contributed by atoms with van der Waals surface area (Å²) in [6.45, 7) is 1.87. The molecule has 0 bridgehead atoms. The van der Waals surface area contributed by atoms with Gasteiger partial charge in [0.2, 0.25) is 0 Å². The standard InChI is InChI=1S/C28H22Cl3N3O2/c1-16-27(28(17-6-4-3-5-7-17)20-13-19(29)9-11-23(20)32-16)24-14-25(34(33-24)26(35)15-36-2)18-8-10-21(30)22(31)12-18/h3-13,25H,14-15H2,1-2H3/t25-/m1/s1. The molecule has 3 aromatic carbocycles. The van der Waals surface area contributed by atoms with Gasteiger partial charge < -0.3 is 4.74 Å². The number of hydrogen-bond acceptors (Lipinski definition) is 4. The van der Waals surface area contributed by atoms with Gasteiger partial charge >= 0.3 is 0 Å². The van der Waals surface area contributed by atoms with E-state index in [1.807, 2.05) is 49.4 Å². The van der Waals surface area contributed by atoms with E-state index in [1.165, 1.54) is 12.1 Å². The molecule has 36 heavy (non-hydrogen) atoms. The lowest BCUT2D eigenvalue weighted by Crippen LogP contribution is -2.30. The van der Waals surface area contributed by atoms with E-state index in [0.717, 1.165) is 44.6 Å². The van der Waals surface area contributed by atoms with Crippen molar-refractivity contribution in [2.24, 2.45) is 5.10 Å². The van der Waals surface area contributed by atoms with E-state index in [4.69, 9.17) is 49.6 Å². The molecular formula is C28H22Cl3N3O2. The van der Waals surface area contributed by atoms with E-state index < -0.39 is 0 Å². The maximum atomic E-state index is 13.1. The van der Waals surface area contributed by atoms with Gasteiger partial charge in [0.1, 0.15) is 6.61 Å². The molecule has 1 aromatic heterocycles. The predicted molar refractivity (Wildman–Crippen MR) is 146 cm³/mol. The predicted octanol–water partition coefficient (Wildman–Crippen LogP) is 7.49. The molecule has 0 radical (unpaired) electrons. The Kier molecular flexibility index (Phi) is 7.00. The highest BCUT2D eigenvalue weighted by Crippen LogP contribution is 2.40. The summed E-state index contributed by atoms with van der Waals surface area (Å²) in [5.74, 6) is -0.251. The molecule has 1 aliphatic heterocycles. The number of hydrogen-bond donors (Lipinski definition) is 0. The summed E-state index contributed by atoms with van der Waals surface area (Å²) in [5, 5.41) is 8.73. The number of methoxy groups -OCH3 is 1. The number of benzene rings is 3. The fourth-order valence-corrected chi connectivity index (χ4v) is 5.15. The summed E-state index contributed by atoms with van der Waals surface area (Å²) in [4.78, 5) is 17.9. The van der Waals surface area contributed by atoms with Crippen LogP contribution in [0.4, 0.5) is 0 Å². The van der Waals surface area contributed by atoms with Crippen molar-refractivity contribution in [1.82, 2.24) is 9.99 Å². The second-order valence-corrected chi connectivity index (χ2v) is 9.84. The van der Waals surface area contributed by atoms with Crippen LogP contribution in [0, 0.1) is 6.92 Å². The van der Waals surface area contributed by atoms with Crippen LogP contribution in [0.3, 0.4) is 0 Å². The number of rotatable bonds is 5. The van der Waals surface area contributed by atoms with Crippen LogP contribution in [0.1, 0.15) is 29.3 Å². The minimum absolute atomic E-state index is 0.0926. The van der Waals surface area contributed by atoms with Crippen LogP contribution in [0.25, 0.3) is 22.0 Å².